The summed E-state index contributed by atoms with van der Waals surface area (Å²) in [5, 5.41) is 3.93. The normalized spacial score (nSPS) is 11.5. The molecule has 126 valence electrons. The summed E-state index contributed by atoms with van der Waals surface area (Å²) in [6.07, 6.45) is 3.29. The van der Waals surface area contributed by atoms with Crippen LogP contribution in [0.4, 0.5) is 10.2 Å². The van der Waals surface area contributed by atoms with Crippen molar-refractivity contribution < 1.29 is 4.39 Å². The second kappa shape index (κ2) is 7.32. The number of hydrogen-bond acceptors (Lipinski definition) is 4. The second-order valence-corrected chi connectivity index (χ2v) is 5.69. The van der Waals surface area contributed by atoms with Crippen molar-refractivity contribution in [1.29, 1.82) is 0 Å². The van der Waals surface area contributed by atoms with Crippen LogP contribution in [0.15, 0.2) is 66.9 Å². The van der Waals surface area contributed by atoms with E-state index >= 15 is 0 Å². The van der Waals surface area contributed by atoms with Gasteiger partial charge in [0.25, 0.3) is 0 Å². The van der Waals surface area contributed by atoms with Crippen LogP contribution in [0.25, 0.3) is 22.0 Å². The van der Waals surface area contributed by atoms with E-state index in [0.717, 1.165) is 0 Å². The number of aromatic nitrogens is 2. The number of fused-ring (bicyclic) bond motifs is 1. The monoisotopic (exact) mass is 354 g/mol. The lowest BCUT2D eigenvalue weighted by Crippen LogP contribution is -2.13. The van der Waals surface area contributed by atoms with E-state index in [1.165, 1.54) is 6.07 Å². The fraction of sp³-hybridized carbons (Fsp3) is 0.0526. The van der Waals surface area contributed by atoms with Crippen LogP contribution in [0.3, 0.4) is 0 Å². The third-order valence-corrected chi connectivity index (χ3v) is 3.82. The van der Waals surface area contributed by atoms with Crippen LogP contribution in [0.1, 0.15) is 0 Å². The van der Waals surface area contributed by atoms with E-state index < -0.39 is 0 Å². The van der Waals surface area contributed by atoms with E-state index in [-0.39, 0.29) is 11.1 Å². The van der Waals surface area contributed by atoms with Gasteiger partial charge in [-0.1, -0.05) is 43.0 Å². The first-order valence-electron chi connectivity index (χ1n) is 7.62. The molecule has 0 aliphatic heterocycles. The van der Waals surface area contributed by atoms with Crippen molar-refractivity contribution in [2.24, 2.45) is 5.73 Å². The molecule has 3 N–H and O–H groups in total. The molecular formula is C19H16ClFN4. The van der Waals surface area contributed by atoms with Crippen molar-refractivity contribution in [2.75, 3.05) is 11.9 Å². The molecule has 0 atom stereocenters. The molecule has 0 radical (unpaired) electrons. The number of nitrogens with zero attached hydrogens (tertiary/aromatic N) is 2. The Balaban J connectivity index is 2.18. The average Bonchev–Trinajstić information content (AvgIpc) is 2.59. The molecule has 3 aromatic rings. The van der Waals surface area contributed by atoms with Crippen molar-refractivity contribution in [1.82, 2.24) is 9.97 Å². The van der Waals surface area contributed by atoms with Crippen molar-refractivity contribution in [2.45, 2.75) is 0 Å². The number of anilines is 1. The maximum absolute atomic E-state index is 14.3. The Morgan fingerprint density at radius 1 is 1.16 bits per heavy atom. The lowest BCUT2D eigenvalue weighted by Gasteiger charge is -2.13. The number of rotatable bonds is 5. The second-order valence-electron chi connectivity index (χ2n) is 5.35. The molecule has 0 amide bonds. The number of nitrogens with two attached hydrogens (primary N) is 1. The minimum atomic E-state index is -0.318. The molecule has 0 aliphatic carbocycles. The summed E-state index contributed by atoms with van der Waals surface area (Å²) in [6.45, 7) is 3.96. The summed E-state index contributed by atoms with van der Waals surface area (Å²) >= 11 is 6.03. The van der Waals surface area contributed by atoms with Gasteiger partial charge in [0.05, 0.1) is 17.4 Å². The van der Waals surface area contributed by atoms with Gasteiger partial charge in [-0.05, 0) is 35.4 Å². The summed E-state index contributed by atoms with van der Waals surface area (Å²) in [5.41, 5.74) is 8.23. The molecule has 0 aliphatic rings. The van der Waals surface area contributed by atoms with Gasteiger partial charge in [0, 0.05) is 11.3 Å². The third kappa shape index (κ3) is 3.61. The number of benzene rings is 2. The van der Waals surface area contributed by atoms with Gasteiger partial charge in [-0.15, -0.1) is 0 Å². The molecule has 0 fully saturated rings. The van der Waals surface area contributed by atoms with E-state index in [4.69, 9.17) is 17.3 Å². The molecule has 0 unspecified atom stereocenters. The minimum absolute atomic E-state index is 0.104. The van der Waals surface area contributed by atoms with Gasteiger partial charge >= 0.3 is 0 Å². The molecule has 6 heteroatoms. The molecule has 25 heavy (non-hydrogen) atoms. The smallest absolute Gasteiger partial charge is 0.224 e. The Morgan fingerprint density at radius 3 is 2.68 bits per heavy atom. The zero-order valence-corrected chi connectivity index (χ0v) is 14.1. The average molecular weight is 355 g/mol. The van der Waals surface area contributed by atoms with Crippen molar-refractivity contribution in [3.63, 3.8) is 0 Å². The molecule has 0 spiro atoms. The van der Waals surface area contributed by atoms with Crippen LogP contribution in [-0.2, 0) is 0 Å². The van der Waals surface area contributed by atoms with Crippen molar-refractivity contribution >= 4 is 28.3 Å². The fourth-order valence-corrected chi connectivity index (χ4v) is 2.76. The van der Waals surface area contributed by atoms with Gasteiger partial charge in [0.2, 0.25) is 5.28 Å². The molecule has 3 rings (SSSR count). The SMILES string of the molecule is C=C/C=C(\N)CNc1nc(Cl)nc2cccc(-c3ccccc3F)c12. The zero-order valence-electron chi connectivity index (χ0n) is 13.3. The van der Waals surface area contributed by atoms with Crippen LogP contribution >= 0.6 is 11.6 Å². The van der Waals surface area contributed by atoms with Crippen LogP contribution in [0.2, 0.25) is 5.28 Å². The molecule has 1 heterocycles. The maximum Gasteiger partial charge on any atom is 0.224 e. The Hall–Kier alpha value is -2.92. The lowest BCUT2D eigenvalue weighted by molar-refractivity contribution is 0.631. The van der Waals surface area contributed by atoms with Gasteiger partial charge in [-0.2, -0.15) is 0 Å². The van der Waals surface area contributed by atoms with E-state index in [2.05, 4.69) is 21.9 Å². The Labute approximate surface area is 149 Å². The highest BCUT2D eigenvalue weighted by Crippen LogP contribution is 2.34. The first kappa shape index (κ1) is 16.9. The summed E-state index contributed by atoms with van der Waals surface area (Å²) in [6, 6.07) is 12.0. The summed E-state index contributed by atoms with van der Waals surface area (Å²) < 4.78 is 14.3. The van der Waals surface area contributed by atoms with Gasteiger partial charge < -0.3 is 11.1 Å². The van der Waals surface area contributed by atoms with Gasteiger partial charge in [-0.3, -0.25) is 0 Å². The van der Waals surface area contributed by atoms with Crippen LogP contribution in [0, 0.1) is 5.82 Å². The van der Waals surface area contributed by atoms with Crippen molar-refractivity contribution in [3.8, 4) is 11.1 Å². The van der Waals surface area contributed by atoms with E-state index in [9.17, 15) is 4.39 Å². The Morgan fingerprint density at radius 2 is 1.92 bits per heavy atom. The molecule has 0 bridgehead atoms. The third-order valence-electron chi connectivity index (χ3n) is 3.65. The highest BCUT2D eigenvalue weighted by molar-refractivity contribution is 6.29. The lowest BCUT2D eigenvalue weighted by atomic mass is 10.0. The Kier molecular flexibility index (Phi) is 4.95. The topological polar surface area (TPSA) is 63.8 Å². The van der Waals surface area contributed by atoms with Gasteiger partial charge in [0.1, 0.15) is 11.6 Å². The van der Waals surface area contributed by atoms with Crippen molar-refractivity contribution in [3.05, 3.63) is 78.0 Å². The zero-order chi connectivity index (χ0) is 17.8. The van der Waals surface area contributed by atoms with E-state index in [0.29, 0.717) is 40.1 Å². The predicted octanol–water partition coefficient (Wildman–Crippen LogP) is 4.53. The highest BCUT2D eigenvalue weighted by Gasteiger charge is 2.14. The van der Waals surface area contributed by atoms with Crippen LogP contribution in [0.5, 0.6) is 0 Å². The van der Waals surface area contributed by atoms with Crippen LogP contribution < -0.4 is 11.1 Å². The van der Waals surface area contributed by atoms with Gasteiger partial charge in [0.15, 0.2) is 0 Å². The molecule has 2 aromatic carbocycles. The first-order valence-corrected chi connectivity index (χ1v) is 8.00. The summed E-state index contributed by atoms with van der Waals surface area (Å²) in [5.74, 6) is 0.177. The predicted molar refractivity (Wildman–Crippen MR) is 101 cm³/mol. The molecule has 4 nitrogen and oxygen atoms in total. The molecule has 1 aromatic heterocycles. The molecular weight excluding hydrogens is 339 g/mol. The summed E-state index contributed by atoms with van der Waals surface area (Å²) in [7, 11) is 0. The minimum Gasteiger partial charge on any atom is -0.401 e. The number of nitrogens with one attached hydrogen (secondary N) is 1. The highest BCUT2D eigenvalue weighted by atomic mass is 35.5. The molecule has 0 saturated heterocycles. The maximum atomic E-state index is 14.3. The first-order chi connectivity index (χ1) is 12.1. The van der Waals surface area contributed by atoms with E-state index in [1.54, 1.807) is 36.4 Å². The van der Waals surface area contributed by atoms with Crippen LogP contribution in [-0.4, -0.2) is 16.5 Å². The Bertz CT molecular complexity index is 969. The molecule has 0 saturated carbocycles. The quantitative estimate of drug-likeness (QED) is 0.522. The number of halogens is 2. The fourth-order valence-electron chi connectivity index (χ4n) is 2.58. The largest absolute Gasteiger partial charge is 0.401 e. The van der Waals surface area contributed by atoms with Gasteiger partial charge in [-0.25, -0.2) is 14.4 Å². The van der Waals surface area contributed by atoms with E-state index in [1.807, 2.05) is 12.1 Å². The number of hydrogen-bond donors (Lipinski definition) is 2. The summed E-state index contributed by atoms with van der Waals surface area (Å²) in [4.78, 5) is 8.51. The standard InChI is InChI=1S/C19H16ClFN4/c1-2-6-12(22)11-23-18-17-14(13-7-3-4-9-15(13)21)8-5-10-16(17)24-19(20)25-18/h2-10H,1,11,22H2,(H,23,24,25)/b12-6-. The number of allylic oxidation sites excluding steroid dienone is 2.